The molecule has 3 saturated heterocycles. The van der Waals surface area contributed by atoms with Gasteiger partial charge in [-0.2, -0.15) is 5.10 Å². The topological polar surface area (TPSA) is 104 Å². The number of aliphatic imine (C=N–C) groups is 1. The van der Waals surface area contributed by atoms with Crippen molar-refractivity contribution >= 4 is 34.8 Å². The van der Waals surface area contributed by atoms with Crippen LogP contribution in [0.4, 0.5) is 9.59 Å². The third-order valence-electron chi connectivity index (χ3n) is 9.15. The summed E-state index contributed by atoms with van der Waals surface area (Å²) in [5.74, 6) is 0.694. The van der Waals surface area contributed by atoms with Gasteiger partial charge in [0.15, 0.2) is 5.54 Å². The van der Waals surface area contributed by atoms with E-state index in [0.29, 0.717) is 25.5 Å². The highest BCUT2D eigenvalue weighted by atomic mass is 16.5. The van der Waals surface area contributed by atoms with Gasteiger partial charge in [-0.15, -0.1) is 0 Å². The van der Waals surface area contributed by atoms with Crippen LogP contribution < -0.4 is 0 Å². The molecule has 7 rings (SSSR count). The van der Waals surface area contributed by atoms with Gasteiger partial charge in [0.1, 0.15) is 5.84 Å². The molecule has 42 heavy (non-hydrogen) atoms. The quantitative estimate of drug-likeness (QED) is 0.480. The van der Waals surface area contributed by atoms with Gasteiger partial charge in [-0.1, -0.05) is 30.3 Å². The number of carbonyl (C=O) groups excluding carboxylic acids is 3. The lowest BCUT2D eigenvalue weighted by Gasteiger charge is -2.43. The van der Waals surface area contributed by atoms with E-state index in [1.165, 1.54) is 12.0 Å². The van der Waals surface area contributed by atoms with Crippen molar-refractivity contribution in [3.8, 4) is 11.1 Å². The van der Waals surface area contributed by atoms with E-state index in [9.17, 15) is 14.4 Å². The number of amidine groups is 1. The maximum atomic E-state index is 13.9. The fourth-order valence-electron chi connectivity index (χ4n) is 6.77. The summed E-state index contributed by atoms with van der Waals surface area (Å²) >= 11 is 0. The molecule has 4 aliphatic heterocycles. The zero-order chi connectivity index (χ0) is 29.0. The predicted octanol–water partition coefficient (Wildman–Crippen LogP) is 3.19. The van der Waals surface area contributed by atoms with Gasteiger partial charge in [-0.05, 0) is 48.4 Å². The molecule has 11 heteroatoms. The molecule has 0 saturated carbocycles. The van der Waals surface area contributed by atoms with Crippen molar-refractivity contribution in [3.05, 3.63) is 54.2 Å². The number of hydrogen-bond acceptors (Lipinski definition) is 6. The summed E-state index contributed by atoms with van der Waals surface area (Å²) in [5.41, 5.74) is 3.08. The van der Waals surface area contributed by atoms with Crippen LogP contribution >= 0.6 is 0 Å². The maximum Gasteiger partial charge on any atom is 0.409 e. The number of aromatic nitrogens is 2. The third kappa shape index (κ3) is 4.38. The minimum Gasteiger partial charge on any atom is -0.453 e. The summed E-state index contributed by atoms with van der Waals surface area (Å²) < 4.78 is 6.72. The smallest absolute Gasteiger partial charge is 0.409 e. The number of amides is 4. The van der Waals surface area contributed by atoms with E-state index in [-0.39, 0.29) is 30.9 Å². The normalized spacial score (nSPS) is 21.4. The van der Waals surface area contributed by atoms with E-state index in [4.69, 9.17) is 9.73 Å². The van der Waals surface area contributed by atoms with E-state index in [2.05, 4.69) is 35.4 Å². The molecule has 0 radical (unpaired) electrons. The molecular formula is C31H35N7O4. The highest BCUT2D eigenvalue weighted by Gasteiger charge is 2.58. The number of fused-ring (bicyclic) bond motifs is 1. The van der Waals surface area contributed by atoms with Crippen LogP contribution in [0.2, 0.25) is 0 Å². The molecule has 1 spiro atoms. The molecule has 11 nitrogen and oxygen atoms in total. The Balaban J connectivity index is 1.13. The number of urea groups is 1. The number of likely N-dealkylation sites (tertiary alicyclic amines) is 3. The summed E-state index contributed by atoms with van der Waals surface area (Å²) in [6, 6.07) is 14.5. The Kier molecular flexibility index (Phi) is 6.40. The van der Waals surface area contributed by atoms with E-state index in [1.807, 2.05) is 39.9 Å². The van der Waals surface area contributed by atoms with Gasteiger partial charge in [0.05, 0.1) is 31.9 Å². The molecule has 218 valence electrons. The molecule has 0 aliphatic carbocycles. The average Bonchev–Trinajstić information content (AvgIpc) is 3.80. The number of ether oxygens (including phenoxy) is 1. The van der Waals surface area contributed by atoms with E-state index >= 15 is 0 Å². The van der Waals surface area contributed by atoms with Crippen LogP contribution in [0.1, 0.15) is 24.8 Å². The number of nitrogens with zero attached hydrogens (tertiary/aromatic N) is 7. The molecule has 3 fully saturated rings. The van der Waals surface area contributed by atoms with E-state index in [1.54, 1.807) is 4.90 Å². The van der Waals surface area contributed by atoms with Crippen molar-refractivity contribution in [2.75, 3.05) is 52.9 Å². The molecule has 1 atom stereocenters. The van der Waals surface area contributed by atoms with Crippen LogP contribution in [-0.2, 0) is 16.6 Å². The van der Waals surface area contributed by atoms with Gasteiger partial charge < -0.3 is 19.4 Å². The van der Waals surface area contributed by atoms with Gasteiger partial charge >= 0.3 is 12.1 Å². The van der Waals surface area contributed by atoms with Crippen LogP contribution in [0.5, 0.6) is 0 Å². The number of benzene rings is 2. The molecule has 1 aromatic heterocycles. The summed E-state index contributed by atoms with van der Waals surface area (Å²) in [5, 5.41) is 5.42. The summed E-state index contributed by atoms with van der Waals surface area (Å²) in [6.07, 6.45) is 4.38. The third-order valence-corrected chi connectivity index (χ3v) is 9.15. The summed E-state index contributed by atoms with van der Waals surface area (Å²) in [4.78, 5) is 51.1. The van der Waals surface area contributed by atoms with Crippen molar-refractivity contribution in [1.29, 1.82) is 0 Å². The van der Waals surface area contributed by atoms with E-state index in [0.717, 1.165) is 59.9 Å². The molecule has 0 unspecified atom stereocenters. The second-order valence-corrected chi connectivity index (χ2v) is 11.9. The molecule has 4 aliphatic rings. The number of carbonyl (C=O) groups is 3. The number of rotatable bonds is 4. The van der Waals surface area contributed by atoms with Gasteiger partial charge in [-0.3, -0.25) is 14.4 Å². The average molecular weight is 570 g/mol. The fourth-order valence-corrected chi connectivity index (χ4v) is 6.77. The van der Waals surface area contributed by atoms with Crippen molar-refractivity contribution in [2.24, 2.45) is 18.0 Å². The second-order valence-electron chi connectivity index (χ2n) is 11.9. The van der Waals surface area contributed by atoms with Crippen molar-refractivity contribution in [3.63, 3.8) is 0 Å². The Bertz CT molecular complexity index is 1580. The van der Waals surface area contributed by atoms with Gasteiger partial charge in [0, 0.05) is 50.7 Å². The van der Waals surface area contributed by atoms with Gasteiger partial charge in [0.2, 0.25) is 0 Å². The number of methoxy groups -OCH3 is 1. The zero-order valence-corrected chi connectivity index (χ0v) is 24.0. The Morgan fingerprint density at radius 2 is 1.67 bits per heavy atom. The minimum absolute atomic E-state index is 0.0897. The first kappa shape index (κ1) is 26.5. The van der Waals surface area contributed by atoms with E-state index < -0.39 is 11.6 Å². The molecular weight excluding hydrogens is 534 g/mol. The number of aryl methyl sites for hydroxylation is 1. The Hall–Kier alpha value is -4.41. The Morgan fingerprint density at radius 1 is 0.952 bits per heavy atom. The largest absolute Gasteiger partial charge is 0.453 e. The molecule has 4 amide bonds. The number of hydrogen-bond donors (Lipinski definition) is 0. The van der Waals surface area contributed by atoms with Gasteiger partial charge in [0.25, 0.3) is 5.91 Å². The monoisotopic (exact) mass is 569 g/mol. The fraction of sp³-hybridized carbons (Fsp3) is 0.452. The van der Waals surface area contributed by atoms with Crippen LogP contribution in [-0.4, -0.2) is 112 Å². The highest BCUT2D eigenvalue weighted by Crippen LogP contribution is 2.36. The molecule has 2 aromatic carbocycles. The molecule has 5 heterocycles. The second kappa shape index (κ2) is 10.1. The van der Waals surface area contributed by atoms with Crippen LogP contribution in [0.25, 0.3) is 22.0 Å². The maximum absolute atomic E-state index is 13.9. The summed E-state index contributed by atoms with van der Waals surface area (Å²) in [6.45, 7) is 3.87. The van der Waals surface area contributed by atoms with Crippen LogP contribution in [0.15, 0.2) is 53.7 Å². The summed E-state index contributed by atoms with van der Waals surface area (Å²) in [7, 11) is 3.27. The van der Waals surface area contributed by atoms with Crippen molar-refractivity contribution in [1.82, 2.24) is 29.4 Å². The first-order valence-corrected chi connectivity index (χ1v) is 14.7. The van der Waals surface area contributed by atoms with Crippen molar-refractivity contribution in [2.45, 2.75) is 24.8 Å². The standard InChI is InChI=1S/C31H35N7O4/c1-34-26-10-9-24(15-25(26)16-32-34)22-5-7-23(8-6-22)27-33-31(19-37(20-31)30(41)42-2)28(39)38(27)18-21-11-14-36(17-21)29(40)35-12-3-4-13-35/h5-10,15-16,21H,3-4,11-14,17-20H2,1-2H3/t21-/m1/s1. The van der Waals surface area contributed by atoms with Gasteiger partial charge in [-0.25, -0.2) is 14.6 Å². The van der Waals surface area contributed by atoms with Crippen LogP contribution in [0, 0.1) is 5.92 Å². The van der Waals surface area contributed by atoms with Crippen molar-refractivity contribution < 1.29 is 19.1 Å². The first-order valence-electron chi connectivity index (χ1n) is 14.7. The lowest BCUT2D eigenvalue weighted by molar-refractivity contribution is -0.136. The Labute approximate surface area is 244 Å². The lowest BCUT2D eigenvalue weighted by atomic mass is 9.90. The highest BCUT2D eigenvalue weighted by molar-refractivity contribution is 6.16. The Morgan fingerprint density at radius 3 is 2.40 bits per heavy atom. The minimum atomic E-state index is -0.989. The van der Waals surface area contributed by atoms with Crippen LogP contribution in [0.3, 0.4) is 0 Å². The predicted molar refractivity (Wildman–Crippen MR) is 157 cm³/mol. The first-order chi connectivity index (χ1) is 20.3. The SMILES string of the molecule is COC(=O)N1CC2(C1)N=C(c1ccc(-c3ccc4c(cnn4C)c3)cc1)N(C[C@@H]1CCN(C(=O)N3CCCC3)C1)C2=O. The lowest BCUT2D eigenvalue weighted by Crippen LogP contribution is -2.66. The molecule has 3 aromatic rings. The molecule has 0 bridgehead atoms. The molecule has 0 N–H and O–H groups in total. The zero-order valence-electron chi connectivity index (χ0n) is 24.0.